The molecular formula is C17H17F2NO2. The Balaban J connectivity index is 1.63. The lowest BCUT2D eigenvalue weighted by molar-refractivity contribution is 0.0691. The van der Waals surface area contributed by atoms with E-state index in [-0.39, 0.29) is 12.5 Å². The summed E-state index contributed by atoms with van der Waals surface area (Å²) in [4.78, 5) is 14.2. The minimum atomic E-state index is -2.58. The van der Waals surface area contributed by atoms with Gasteiger partial charge in [-0.25, -0.2) is 8.78 Å². The fourth-order valence-electron chi connectivity index (χ4n) is 3.54. The molecule has 1 aliphatic carbocycles. The average Bonchev–Trinajstić information content (AvgIpc) is 2.89. The van der Waals surface area contributed by atoms with E-state index in [1.807, 2.05) is 25.1 Å². The van der Waals surface area contributed by atoms with Gasteiger partial charge in [0.1, 0.15) is 11.8 Å². The lowest BCUT2D eigenvalue weighted by Gasteiger charge is -2.25. The molecule has 1 saturated heterocycles. The van der Waals surface area contributed by atoms with Crippen LogP contribution in [-0.4, -0.2) is 29.8 Å². The molecule has 0 N–H and O–H groups in total. The highest BCUT2D eigenvalue weighted by Gasteiger charge is 2.69. The van der Waals surface area contributed by atoms with Crippen LogP contribution in [0.5, 0.6) is 0 Å². The summed E-state index contributed by atoms with van der Waals surface area (Å²) in [6.07, 6.45) is 2.71. The summed E-state index contributed by atoms with van der Waals surface area (Å²) in [5, 5.41) is 0.772. The number of furan rings is 1. The van der Waals surface area contributed by atoms with E-state index in [1.54, 1.807) is 4.90 Å². The first-order valence-corrected chi connectivity index (χ1v) is 7.69. The number of carbonyl (C=O) groups is 1. The van der Waals surface area contributed by atoms with Gasteiger partial charge >= 0.3 is 0 Å². The van der Waals surface area contributed by atoms with Gasteiger partial charge < -0.3 is 9.32 Å². The second-order valence-corrected chi connectivity index (χ2v) is 6.26. The number of hydrogen-bond acceptors (Lipinski definition) is 2. The van der Waals surface area contributed by atoms with Gasteiger partial charge in [0.2, 0.25) is 0 Å². The lowest BCUT2D eigenvalue weighted by Crippen LogP contribution is -2.36. The fourth-order valence-corrected chi connectivity index (χ4v) is 3.54. The Morgan fingerprint density at radius 1 is 1.41 bits per heavy atom. The molecule has 0 radical (unpaired) electrons. The number of nitrogens with zero attached hydrogens (tertiary/aromatic N) is 1. The van der Waals surface area contributed by atoms with Gasteiger partial charge in [0.05, 0.1) is 5.56 Å². The maximum absolute atomic E-state index is 13.5. The van der Waals surface area contributed by atoms with Gasteiger partial charge in [-0.1, -0.05) is 13.0 Å². The molecule has 22 heavy (non-hydrogen) atoms. The summed E-state index contributed by atoms with van der Waals surface area (Å²) in [5.41, 5.74) is 2.26. The van der Waals surface area contributed by atoms with Crippen LogP contribution < -0.4 is 0 Å². The molecule has 2 aromatic rings. The van der Waals surface area contributed by atoms with Crippen LogP contribution in [0.1, 0.15) is 29.3 Å². The maximum Gasteiger partial charge on any atom is 0.257 e. The van der Waals surface area contributed by atoms with Crippen molar-refractivity contribution in [3.8, 4) is 0 Å². The second-order valence-electron chi connectivity index (χ2n) is 6.26. The number of benzene rings is 1. The Morgan fingerprint density at radius 2 is 2.23 bits per heavy atom. The SMILES string of the molecule is CCc1ccc2occ(C(=O)N3CC[C@H]4[C@H](C3)C4(F)F)c2c1. The van der Waals surface area contributed by atoms with Crippen LogP contribution in [0.25, 0.3) is 11.0 Å². The molecule has 4 rings (SSSR count). The first kappa shape index (κ1) is 13.7. The summed E-state index contributed by atoms with van der Waals surface area (Å²) in [6.45, 7) is 2.59. The van der Waals surface area contributed by atoms with Gasteiger partial charge in [0, 0.05) is 30.3 Å². The number of likely N-dealkylation sites (tertiary alicyclic amines) is 1. The first-order chi connectivity index (χ1) is 10.5. The number of carbonyl (C=O) groups excluding carboxylic acids is 1. The van der Waals surface area contributed by atoms with E-state index in [2.05, 4.69) is 0 Å². The van der Waals surface area contributed by atoms with Gasteiger partial charge in [0.25, 0.3) is 11.8 Å². The number of rotatable bonds is 2. The fraction of sp³-hybridized carbons (Fsp3) is 0.471. The highest BCUT2D eigenvalue weighted by atomic mass is 19.3. The number of fused-ring (bicyclic) bond motifs is 2. The molecule has 2 heterocycles. The van der Waals surface area contributed by atoms with E-state index in [4.69, 9.17) is 4.42 Å². The predicted molar refractivity (Wildman–Crippen MR) is 78.0 cm³/mol. The van der Waals surface area contributed by atoms with Crippen molar-refractivity contribution in [1.82, 2.24) is 4.90 Å². The van der Waals surface area contributed by atoms with Crippen molar-refractivity contribution in [2.75, 3.05) is 13.1 Å². The van der Waals surface area contributed by atoms with Gasteiger partial charge in [-0.3, -0.25) is 4.79 Å². The molecule has 1 amide bonds. The monoisotopic (exact) mass is 305 g/mol. The quantitative estimate of drug-likeness (QED) is 0.847. The largest absolute Gasteiger partial charge is 0.463 e. The minimum Gasteiger partial charge on any atom is -0.463 e. The summed E-state index contributed by atoms with van der Waals surface area (Å²) in [7, 11) is 0. The molecule has 3 nitrogen and oxygen atoms in total. The summed E-state index contributed by atoms with van der Waals surface area (Å²) in [5.74, 6) is -3.96. The summed E-state index contributed by atoms with van der Waals surface area (Å²) >= 11 is 0. The zero-order valence-corrected chi connectivity index (χ0v) is 12.3. The van der Waals surface area contributed by atoms with Crippen LogP contribution in [0.2, 0.25) is 0 Å². The number of hydrogen-bond donors (Lipinski definition) is 0. The van der Waals surface area contributed by atoms with Gasteiger partial charge in [-0.15, -0.1) is 0 Å². The third-order valence-electron chi connectivity index (χ3n) is 5.06. The predicted octanol–water partition coefficient (Wildman–Crippen LogP) is 3.72. The Labute approximate surface area is 126 Å². The summed E-state index contributed by atoms with van der Waals surface area (Å²) in [6, 6.07) is 5.77. The standard InChI is InChI=1S/C17H17F2NO2/c1-2-10-3-4-15-11(7-10)12(9-22-15)16(21)20-6-5-13-14(8-20)17(13,18)19/h3-4,7,9,13-14H,2,5-6,8H2,1H3/t13-,14-/m0/s1. The van der Waals surface area contributed by atoms with Crippen LogP contribution in [0, 0.1) is 11.8 Å². The molecule has 5 heteroatoms. The van der Waals surface area contributed by atoms with Crippen molar-refractivity contribution in [1.29, 1.82) is 0 Å². The zero-order chi connectivity index (χ0) is 15.5. The Kier molecular flexibility index (Phi) is 2.83. The third kappa shape index (κ3) is 1.87. The number of aryl methyl sites for hydroxylation is 1. The van der Waals surface area contributed by atoms with E-state index in [0.29, 0.717) is 24.1 Å². The second kappa shape index (κ2) is 4.54. The maximum atomic E-state index is 13.5. The van der Waals surface area contributed by atoms with Crippen molar-refractivity contribution in [2.45, 2.75) is 25.7 Å². The van der Waals surface area contributed by atoms with Crippen LogP contribution in [0.4, 0.5) is 8.78 Å². The third-order valence-corrected chi connectivity index (χ3v) is 5.06. The molecule has 0 unspecified atom stereocenters. The van der Waals surface area contributed by atoms with Crippen molar-refractivity contribution in [2.24, 2.45) is 11.8 Å². The molecule has 2 fully saturated rings. The molecule has 2 atom stereocenters. The first-order valence-electron chi connectivity index (χ1n) is 7.69. The Morgan fingerprint density at radius 3 is 2.95 bits per heavy atom. The smallest absolute Gasteiger partial charge is 0.257 e. The van der Waals surface area contributed by atoms with E-state index in [1.165, 1.54) is 6.26 Å². The molecule has 0 spiro atoms. The molecule has 1 saturated carbocycles. The van der Waals surface area contributed by atoms with Gasteiger partial charge in [0.15, 0.2) is 0 Å². The van der Waals surface area contributed by atoms with E-state index < -0.39 is 17.8 Å². The van der Waals surface area contributed by atoms with Crippen molar-refractivity contribution in [3.05, 3.63) is 35.6 Å². The number of alkyl halides is 2. The molecule has 1 aromatic heterocycles. The minimum absolute atomic E-state index is 0.149. The molecule has 1 aliphatic heterocycles. The Bertz CT molecular complexity index is 752. The van der Waals surface area contributed by atoms with Crippen LogP contribution in [0.3, 0.4) is 0 Å². The van der Waals surface area contributed by atoms with Gasteiger partial charge in [-0.05, 0) is 30.5 Å². The molecule has 2 aliphatic rings. The molecular weight excluding hydrogens is 288 g/mol. The number of piperidine rings is 1. The van der Waals surface area contributed by atoms with E-state index in [9.17, 15) is 13.6 Å². The van der Waals surface area contributed by atoms with E-state index in [0.717, 1.165) is 17.4 Å². The summed E-state index contributed by atoms with van der Waals surface area (Å²) < 4.78 is 32.4. The highest BCUT2D eigenvalue weighted by molar-refractivity contribution is 6.06. The lowest BCUT2D eigenvalue weighted by atomic mass is 10.1. The molecule has 1 aromatic carbocycles. The zero-order valence-electron chi connectivity index (χ0n) is 12.3. The van der Waals surface area contributed by atoms with Crippen molar-refractivity contribution in [3.63, 3.8) is 0 Å². The molecule has 116 valence electrons. The average molecular weight is 305 g/mol. The van der Waals surface area contributed by atoms with Crippen molar-refractivity contribution >= 4 is 16.9 Å². The number of halogens is 2. The van der Waals surface area contributed by atoms with Crippen molar-refractivity contribution < 1.29 is 18.0 Å². The van der Waals surface area contributed by atoms with Crippen LogP contribution in [-0.2, 0) is 6.42 Å². The van der Waals surface area contributed by atoms with Gasteiger partial charge in [-0.2, -0.15) is 0 Å². The van der Waals surface area contributed by atoms with Crippen LogP contribution in [0.15, 0.2) is 28.9 Å². The topological polar surface area (TPSA) is 33.5 Å². The normalized spacial score (nSPS) is 26.0. The number of amides is 1. The van der Waals surface area contributed by atoms with E-state index >= 15 is 0 Å². The Hall–Kier alpha value is -1.91. The highest BCUT2D eigenvalue weighted by Crippen LogP contribution is 2.59. The molecule has 0 bridgehead atoms. The van der Waals surface area contributed by atoms with Crippen LogP contribution >= 0.6 is 0 Å².